The highest BCUT2D eigenvalue weighted by Gasteiger charge is 2.31. The van der Waals surface area contributed by atoms with Gasteiger partial charge in [0.25, 0.3) is 23.6 Å². The Hall–Kier alpha value is -4.72. The second-order valence-electron chi connectivity index (χ2n) is 7.75. The number of nitrogens with two attached hydrogens (primary N) is 2. The van der Waals surface area contributed by atoms with Gasteiger partial charge in [0.2, 0.25) is 0 Å². The maximum atomic E-state index is 12.9. The van der Waals surface area contributed by atoms with Gasteiger partial charge in [-0.15, -0.1) is 0 Å². The van der Waals surface area contributed by atoms with E-state index >= 15 is 0 Å². The Morgan fingerprint density at radius 3 is 1.26 bits per heavy atom. The van der Waals surface area contributed by atoms with Gasteiger partial charge in [-0.2, -0.15) is 0 Å². The Morgan fingerprint density at radius 2 is 0.941 bits per heavy atom. The predicted octanol–water partition coefficient (Wildman–Crippen LogP) is 2.30. The van der Waals surface area contributed by atoms with Crippen molar-refractivity contribution < 1.29 is 19.2 Å². The van der Waals surface area contributed by atoms with Crippen LogP contribution in [0.1, 0.15) is 20.7 Å². The molecule has 2 aromatic rings. The third-order valence-corrected chi connectivity index (χ3v) is 5.56. The van der Waals surface area contributed by atoms with Gasteiger partial charge in [0.1, 0.15) is 11.4 Å². The predicted molar refractivity (Wildman–Crippen MR) is 125 cm³/mol. The van der Waals surface area contributed by atoms with Crippen LogP contribution >= 0.6 is 0 Å². The number of carbonyl (C=O) groups is 4. The Kier molecular flexibility index (Phi) is 6.22. The molecule has 170 valence electrons. The van der Waals surface area contributed by atoms with E-state index in [-0.39, 0.29) is 11.4 Å². The Balaban J connectivity index is 1.61. The van der Waals surface area contributed by atoms with Crippen molar-refractivity contribution >= 4 is 23.6 Å². The molecule has 0 aromatic heterocycles. The molecule has 2 aliphatic rings. The molecule has 0 aliphatic carbocycles. The molecule has 4 amide bonds. The monoisotopic (exact) mass is 454 g/mol. The van der Waals surface area contributed by atoms with E-state index in [0.29, 0.717) is 11.1 Å². The number of rotatable bonds is 5. The van der Waals surface area contributed by atoms with Crippen LogP contribution in [-0.4, -0.2) is 33.4 Å². The number of nitrogens with zero attached hydrogens (tertiary/aromatic N) is 2. The fraction of sp³-hybridized carbons (Fsp3) is 0.0769. The number of hydrogen-bond acceptors (Lipinski definition) is 4. The lowest BCUT2D eigenvalue weighted by molar-refractivity contribution is -0.116. The van der Waals surface area contributed by atoms with Crippen LogP contribution in [0.3, 0.4) is 0 Å². The van der Waals surface area contributed by atoms with Gasteiger partial charge in [0.15, 0.2) is 0 Å². The molecule has 0 saturated heterocycles. The van der Waals surface area contributed by atoms with Gasteiger partial charge in [0, 0.05) is 35.4 Å². The quantitative estimate of drug-likeness (QED) is 0.719. The molecular formula is C26H22N4O4. The van der Waals surface area contributed by atoms with Crippen molar-refractivity contribution in [2.24, 2.45) is 23.3 Å². The first-order valence-electron chi connectivity index (χ1n) is 10.5. The third kappa shape index (κ3) is 4.42. The van der Waals surface area contributed by atoms with Crippen LogP contribution in [0.5, 0.6) is 0 Å². The topological polar surface area (TPSA) is 127 Å². The minimum Gasteiger partial charge on any atom is -0.364 e. The highest BCUT2D eigenvalue weighted by Crippen LogP contribution is 2.31. The van der Waals surface area contributed by atoms with Crippen molar-refractivity contribution in [3.63, 3.8) is 0 Å². The molecule has 0 saturated carbocycles. The van der Waals surface area contributed by atoms with Crippen molar-refractivity contribution in [3.8, 4) is 0 Å². The molecule has 2 atom stereocenters. The summed E-state index contributed by atoms with van der Waals surface area (Å²) in [5.41, 5.74) is 12.0. The van der Waals surface area contributed by atoms with E-state index in [0.717, 1.165) is 0 Å². The molecule has 2 aliphatic heterocycles. The molecule has 34 heavy (non-hydrogen) atoms. The molecule has 8 nitrogen and oxygen atoms in total. The fourth-order valence-corrected chi connectivity index (χ4v) is 3.84. The Bertz CT molecular complexity index is 1160. The number of allylic oxidation sites excluding steroid dienone is 4. The molecule has 0 fully saturated rings. The first-order chi connectivity index (χ1) is 16.4. The molecule has 8 heteroatoms. The SMILES string of the molecule is NC(=O)C1=CC(C2C=CN(C(=O)c3ccccc3)C(C(N)=O)=C2)C=CN1C(=O)c1ccccc1. The lowest BCUT2D eigenvalue weighted by atomic mass is 9.87. The van der Waals surface area contributed by atoms with Crippen molar-refractivity contribution in [3.05, 3.63) is 120 Å². The number of primary amides is 2. The fourth-order valence-electron chi connectivity index (χ4n) is 3.84. The van der Waals surface area contributed by atoms with Crippen LogP contribution in [0, 0.1) is 11.8 Å². The van der Waals surface area contributed by atoms with E-state index < -0.39 is 35.5 Å². The first-order valence-corrected chi connectivity index (χ1v) is 10.5. The molecule has 4 rings (SSSR count). The second kappa shape index (κ2) is 9.41. The van der Waals surface area contributed by atoms with Gasteiger partial charge in [-0.05, 0) is 36.4 Å². The average molecular weight is 454 g/mol. The largest absolute Gasteiger partial charge is 0.364 e. The lowest BCUT2D eigenvalue weighted by Crippen LogP contribution is -2.37. The lowest BCUT2D eigenvalue weighted by Gasteiger charge is -2.31. The van der Waals surface area contributed by atoms with Gasteiger partial charge in [-0.3, -0.25) is 29.0 Å². The van der Waals surface area contributed by atoms with Crippen LogP contribution in [0.15, 0.2) is 109 Å². The van der Waals surface area contributed by atoms with Gasteiger partial charge < -0.3 is 11.5 Å². The van der Waals surface area contributed by atoms with Crippen molar-refractivity contribution in [1.82, 2.24) is 9.80 Å². The van der Waals surface area contributed by atoms with Crippen LogP contribution in [-0.2, 0) is 9.59 Å². The number of carbonyl (C=O) groups excluding carboxylic acids is 4. The van der Waals surface area contributed by atoms with E-state index in [1.807, 2.05) is 0 Å². The number of hydrogen-bond donors (Lipinski definition) is 2. The standard InChI is InChI=1S/C26H22N4O4/c27-23(31)21-15-19(11-13-29(21)25(33)17-7-3-1-4-8-17)20-12-14-30(22(16-20)24(28)32)26(34)18-9-5-2-6-10-18/h1-16,19-20H,(H2,27,31)(H2,28,32). The zero-order chi connectivity index (χ0) is 24.2. The van der Waals surface area contributed by atoms with E-state index in [9.17, 15) is 19.2 Å². The maximum absolute atomic E-state index is 12.9. The van der Waals surface area contributed by atoms with E-state index in [4.69, 9.17) is 11.5 Å². The van der Waals surface area contributed by atoms with Gasteiger partial charge in [-0.1, -0.05) is 48.6 Å². The molecule has 0 spiro atoms. The maximum Gasteiger partial charge on any atom is 0.265 e. The summed E-state index contributed by atoms with van der Waals surface area (Å²) in [6.45, 7) is 0. The summed E-state index contributed by atoms with van der Waals surface area (Å²) in [6, 6.07) is 17.0. The molecule has 4 N–H and O–H groups in total. The van der Waals surface area contributed by atoms with Crippen molar-refractivity contribution in [2.45, 2.75) is 0 Å². The molecule has 2 unspecified atom stereocenters. The highest BCUT2D eigenvalue weighted by atomic mass is 16.2. The van der Waals surface area contributed by atoms with Gasteiger partial charge >= 0.3 is 0 Å². The summed E-state index contributed by atoms with van der Waals surface area (Å²) in [5.74, 6) is -3.12. The van der Waals surface area contributed by atoms with Crippen molar-refractivity contribution in [1.29, 1.82) is 0 Å². The molecule has 2 heterocycles. The Labute approximate surface area is 196 Å². The first kappa shape index (κ1) is 22.5. The van der Waals surface area contributed by atoms with E-state index in [1.54, 1.807) is 85.0 Å². The third-order valence-electron chi connectivity index (χ3n) is 5.56. The molecular weight excluding hydrogens is 432 g/mol. The normalized spacial score (nSPS) is 19.3. The summed E-state index contributed by atoms with van der Waals surface area (Å²) in [5, 5.41) is 0. The smallest absolute Gasteiger partial charge is 0.265 e. The van der Waals surface area contributed by atoms with E-state index in [1.165, 1.54) is 22.2 Å². The Morgan fingerprint density at radius 1 is 0.588 bits per heavy atom. The minimum absolute atomic E-state index is 0.0200. The number of benzene rings is 2. The van der Waals surface area contributed by atoms with Gasteiger partial charge in [0.05, 0.1) is 0 Å². The average Bonchev–Trinajstić information content (AvgIpc) is 2.88. The molecule has 0 radical (unpaired) electrons. The zero-order valence-electron chi connectivity index (χ0n) is 18.1. The highest BCUT2D eigenvalue weighted by molar-refractivity contribution is 6.04. The summed E-state index contributed by atoms with van der Waals surface area (Å²) < 4.78 is 0. The van der Waals surface area contributed by atoms with Crippen LogP contribution in [0.4, 0.5) is 0 Å². The van der Waals surface area contributed by atoms with Gasteiger partial charge in [-0.25, -0.2) is 0 Å². The van der Waals surface area contributed by atoms with Crippen LogP contribution < -0.4 is 11.5 Å². The summed E-state index contributed by atoms with van der Waals surface area (Å²) in [4.78, 5) is 52.5. The van der Waals surface area contributed by atoms with Crippen LogP contribution in [0.25, 0.3) is 0 Å². The minimum atomic E-state index is -0.765. The van der Waals surface area contributed by atoms with Crippen LogP contribution in [0.2, 0.25) is 0 Å². The number of amides is 4. The zero-order valence-corrected chi connectivity index (χ0v) is 18.1. The summed E-state index contributed by atoms with van der Waals surface area (Å²) in [6.07, 6.45) is 9.59. The molecule has 0 bridgehead atoms. The van der Waals surface area contributed by atoms with E-state index in [2.05, 4.69) is 0 Å². The summed E-state index contributed by atoms with van der Waals surface area (Å²) >= 11 is 0. The van der Waals surface area contributed by atoms with Crippen molar-refractivity contribution in [2.75, 3.05) is 0 Å². The second-order valence-corrected chi connectivity index (χ2v) is 7.75. The summed E-state index contributed by atoms with van der Waals surface area (Å²) in [7, 11) is 0. The molecule has 2 aromatic carbocycles.